The van der Waals surface area contributed by atoms with Crippen molar-refractivity contribution in [2.75, 3.05) is 5.32 Å². The zero-order valence-electron chi connectivity index (χ0n) is 20.4. The molecule has 4 fully saturated rings. The van der Waals surface area contributed by atoms with E-state index in [2.05, 4.69) is 20.3 Å². The van der Waals surface area contributed by atoms with Crippen molar-refractivity contribution in [3.05, 3.63) is 29.7 Å². The van der Waals surface area contributed by atoms with Gasteiger partial charge in [0.25, 0.3) is 0 Å². The highest BCUT2D eigenvalue weighted by atomic mass is 32.2. The van der Waals surface area contributed by atoms with E-state index < -0.39 is 19.9 Å². The van der Waals surface area contributed by atoms with Crippen LogP contribution in [0.5, 0.6) is 5.88 Å². The van der Waals surface area contributed by atoms with Crippen molar-refractivity contribution < 1.29 is 21.6 Å². The topological polar surface area (TPSA) is 131 Å². The second-order valence-corrected chi connectivity index (χ2v) is 14.8. The van der Waals surface area contributed by atoms with Crippen molar-refractivity contribution in [3.8, 4) is 5.88 Å². The maximum Gasteiger partial charge on any atom is 0.221 e. The molecule has 36 heavy (non-hydrogen) atoms. The maximum absolute atomic E-state index is 12.9. The fourth-order valence-corrected chi connectivity index (χ4v) is 9.39. The lowest BCUT2D eigenvalue weighted by Crippen LogP contribution is -2.50. The Labute approximate surface area is 211 Å². The lowest BCUT2D eigenvalue weighted by Gasteiger charge is -2.37. The summed E-state index contributed by atoms with van der Waals surface area (Å²) in [6, 6.07) is 3.25. The fourth-order valence-electron chi connectivity index (χ4n) is 5.48. The molecule has 2 aliphatic carbocycles. The van der Waals surface area contributed by atoms with Crippen LogP contribution in [0.3, 0.4) is 0 Å². The number of nitrogens with zero attached hydrogens (tertiary/aromatic N) is 4. The first-order chi connectivity index (χ1) is 17.1. The van der Waals surface area contributed by atoms with Gasteiger partial charge in [-0.25, -0.2) is 31.8 Å². The number of sulfonamides is 1. The molecule has 0 aromatic carbocycles. The summed E-state index contributed by atoms with van der Waals surface area (Å²) in [7, 11) is -6.54. The number of hydrogen-bond donors (Lipinski definition) is 1. The first-order valence-corrected chi connectivity index (χ1v) is 15.7. The number of ether oxygens (including phenoxy) is 1. The highest BCUT2D eigenvalue weighted by Gasteiger charge is 2.52. The van der Waals surface area contributed by atoms with Gasteiger partial charge in [-0.3, -0.25) is 0 Å². The van der Waals surface area contributed by atoms with Crippen LogP contribution in [0.25, 0.3) is 0 Å². The number of hydrogen-bond acceptors (Lipinski definition) is 9. The Morgan fingerprint density at radius 1 is 0.917 bits per heavy atom. The molecule has 6 rings (SSSR count). The van der Waals surface area contributed by atoms with Gasteiger partial charge in [0.15, 0.2) is 14.9 Å². The minimum Gasteiger partial charge on any atom is -0.474 e. The predicted octanol–water partition coefficient (Wildman–Crippen LogP) is 3.03. The van der Waals surface area contributed by atoms with Crippen LogP contribution in [0, 0.1) is 13.8 Å². The SMILES string of the molecule is Cc1nc(S(=O)(=O)C2CC2)ccc1Nc1ncnc(O[C@H]2CC3CC[C@@H](C2)N3S(=O)(=O)C2CC2)c1C. The highest BCUT2D eigenvalue weighted by molar-refractivity contribution is 7.92. The average molecular weight is 534 g/mol. The first-order valence-electron chi connectivity index (χ1n) is 12.6. The van der Waals surface area contributed by atoms with E-state index >= 15 is 0 Å². The fraction of sp³-hybridized carbons (Fsp3) is 0.625. The molecule has 0 amide bonds. The third-order valence-electron chi connectivity index (χ3n) is 7.75. The Hall–Kier alpha value is -2.31. The number of nitrogens with one attached hydrogen (secondary N) is 1. The Kier molecular flexibility index (Phi) is 5.76. The van der Waals surface area contributed by atoms with Gasteiger partial charge in [-0.15, -0.1) is 0 Å². The molecule has 1 unspecified atom stereocenters. The molecule has 4 aliphatic rings. The molecule has 2 saturated heterocycles. The summed E-state index contributed by atoms with van der Waals surface area (Å²) >= 11 is 0. The second kappa shape index (κ2) is 8.63. The van der Waals surface area contributed by atoms with Gasteiger partial charge in [-0.05, 0) is 64.5 Å². The molecule has 2 aliphatic heterocycles. The Balaban J connectivity index is 1.16. The predicted molar refractivity (Wildman–Crippen MR) is 133 cm³/mol. The number of pyridine rings is 1. The van der Waals surface area contributed by atoms with E-state index in [1.807, 2.05) is 6.92 Å². The molecule has 1 N–H and O–H groups in total. The molecule has 2 aromatic rings. The zero-order chi connectivity index (χ0) is 25.2. The standard InChI is InChI=1S/C24H31N5O5S2/c1-14-23(28-21-9-10-22(27-15(21)2)35(30,31)19-5-6-19)25-13-26-24(14)34-18-11-16-3-4-17(12-18)29(16)36(32,33)20-7-8-20/h9-10,13,16-20H,3-8,11-12H2,1-2H3,(H,25,26,28)/t16-,17?,18+/m0/s1. The molecule has 4 heterocycles. The highest BCUT2D eigenvalue weighted by Crippen LogP contribution is 2.44. The number of piperidine rings is 1. The molecule has 0 spiro atoms. The minimum absolute atomic E-state index is 0.00162. The van der Waals surface area contributed by atoms with E-state index in [-0.39, 0.29) is 33.7 Å². The summed E-state index contributed by atoms with van der Waals surface area (Å²) in [5.74, 6) is 1.02. The Morgan fingerprint density at radius 2 is 1.58 bits per heavy atom. The van der Waals surface area contributed by atoms with Crippen LogP contribution in [0.2, 0.25) is 0 Å². The molecule has 2 bridgehead atoms. The van der Waals surface area contributed by atoms with Gasteiger partial charge in [0, 0.05) is 24.9 Å². The summed E-state index contributed by atoms with van der Waals surface area (Å²) in [5, 5.41) is 2.87. The average Bonchev–Trinajstić information content (AvgIpc) is 3.73. The van der Waals surface area contributed by atoms with Gasteiger partial charge in [-0.2, -0.15) is 4.31 Å². The summed E-state index contributed by atoms with van der Waals surface area (Å²) in [6.07, 6.45) is 7.36. The summed E-state index contributed by atoms with van der Waals surface area (Å²) in [6.45, 7) is 3.63. The maximum atomic E-state index is 12.9. The molecule has 194 valence electrons. The lowest BCUT2D eigenvalue weighted by atomic mass is 10.0. The van der Waals surface area contributed by atoms with Gasteiger partial charge in [0.05, 0.1) is 27.4 Å². The van der Waals surface area contributed by atoms with Gasteiger partial charge >= 0.3 is 0 Å². The van der Waals surface area contributed by atoms with E-state index in [1.54, 1.807) is 17.3 Å². The third kappa shape index (κ3) is 4.26. The second-order valence-electron chi connectivity index (χ2n) is 10.5. The van der Waals surface area contributed by atoms with Crippen LogP contribution >= 0.6 is 0 Å². The first kappa shape index (κ1) is 24.1. The molecule has 3 atom stereocenters. The van der Waals surface area contributed by atoms with Crippen molar-refractivity contribution in [1.82, 2.24) is 19.3 Å². The van der Waals surface area contributed by atoms with E-state index in [9.17, 15) is 16.8 Å². The van der Waals surface area contributed by atoms with Crippen LogP contribution < -0.4 is 10.1 Å². The van der Waals surface area contributed by atoms with Crippen molar-refractivity contribution in [1.29, 1.82) is 0 Å². The van der Waals surface area contributed by atoms with Crippen molar-refractivity contribution >= 4 is 31.4 Å². The number of aromatic nitrogens is 3. The summed E-state index contributed by atoms with van der Waals surface area (Å²) in [4.78, 5) is 13.0. The molecular weight excluding hydrogens is 502 g/mol. The smallest absolute Gasteiger partial charge is 0.221 e. The molecule has 10 nitrogen and oxygen atoms in total. The Bertz CT molecular complexity index is 1390. The number of sulfone groups is 1. The van der Waals surface area contributed by atoms with Gasteiger partial charge in [-0.1, -0.05) is 0 Å². The normalized spacial score (nSPS) is 26.7. The Morgan fingerprint density at radius 3 is 2.19 bits per heavy atom. The largest absolute Gasteiger partial charge is 0.474 e. The molecule has 0 radical (unpaired) electrons. The van der Waals surface area contributed by atoms with Crippen LogP contribution in [-0.4, -0.2) is 64.8 Å². The number of aryl methyl sites for hydroxylation is 1. The van der Waals surface area contributed by atoms with Crippen molar-refractivity contribution in [2.45, 2.75) is 98.9 Å². The van der Waals surface area contributed by atoms with E-state index in [4.69, 9.17) is 4.74 Å². The zero-order valence-corrected chi connectivity index (χ0v) is 22.1. The van der Waals surface area contributed by atoms with E-state index in [0.29, 0.717) is 48.8 Å². The third-order valence-corrected chi connectivity index (χ3v) is 12.4. The minimum atomic E-state index is -3.35. The number of anilines is 2. The molecule has 12 heteroatoms. The summed E-state index contributed by atoms with van der Waals surface area (Å²) < 4.78 is 58.9. The van der Waals surface area contributed by atoms with Gasteiger partial charge in [0.1, 0.15) is 18.2 Å². The van der Waals surface area contributed by atoms with Crippen molar-refractivity contribution in [2.24, 2.45) is 0 Å². The quantitative estimate of drug-likeness (QED) is 0.544. The number of fused-ring (bicyclic) bond motifs is 2. The van der Waals surface area contributed by atoms with Crippen molar-refractivity contribution in [3.63, 3.8) is 0 Å². The van der Waals surface area contributed by atoms with Crippen LogP contribution in [0.4, 0.5) is 11.5 Å². The summed E-state index contributed by atoms with van der Waals surface area (Å²) in [5.41, 5.74) is 1.96. The number of rotatable bonds is 8. The lowest BCUT2D eigenvalue weighted by molar-refractivity contribution is 0.0910. The van der Waals surface area contributed by atoms with Crippen LogP contribution in [0.1, 0.15) is 62.6 Å². The van der Waals surface area contributed by atoms with Crippen LogP contribution in [-0.2, 0) is 19.9 Å². The van der Waals surface area contributed by atoms with Crippen LogP contribution in [0.15, 0.2) is 23.5 Å². The van der Waals surface area contributed by atoms with E-state index in [0.717, 1.165) is 31.2 Å². The van der Waals surface area contributed by atoms with Gasteiger partial charge < -0.3 is 10.1 Å². The van der Waals surface area contributed by atoms with Gasteiger partial charge in [0.2, 0.25) is 15.9 Å². The molecular formula is C24H31N5O5S2. The molecule has 2 aromatic heterocycles. The molecule has 2 saturated carbocycles. The monoisotopic (exact) mass is 533 g/mol. The van der Waals surface area contributed by atoms with E-state index in [1.165, 1.54) is 12.4 Å².